The van der Waals surface area contributed by atoms with Gasteiger partial charge in [-0.2, -0.15) is 0 Å². The average Bonchev–Trinajstić information content (AvgIpc) is 2.76. The van der Waals surface area contributed by atoms with Crippen LogP contribution in [0.5, 0.6) is 0 Å². The number of rotatable bonds is 3. The van der Waals surface area contributed by atoms with E-state index in [-0.39, 0.29) is 6.42 Å². The highest BCUT2D eigenvalue weighted by atomic mass is 16.4. The molecule has 0 fully saturated rings. The van der Waals surface area contributed by atoms with Gasteiger partial charge in [0.1, 0.15) is 0 Å². The van der Waals surface area contributed by atoms with Crippen LogP contribution in [0.15, 0.2) is 36.4 Å². The first-order valence-corrected chi connectivity index (χ1v) is 6.43. The van der Waals surface area contributed by atoms with Crippen molar-refractivity contribution in [2.75, 3.05) is 0 Å². The maximum absolute atomic E-state index is 11.0. The first kappa shape index (κ1) is 11.8. The van der Waals surface area contributed by atoms with Crippen LogP contribution in [0.4, 0.5) is 0 Å². The molecule has 1 heterocycles. The van der Waals surface area contributed by atoms with Crippen molar-refractivity contribution in [1.29, 1.82) is 0 Å². The summed E-state index contributed by atoms with van der Waals surface area (Å²) < 4.78 is 0. The monoisotopic (exact) mass is 253 g/mol. The Labute approximate surface area is 110 Å². The van der Waals surface area contributed by atoms with Crippen LogP contribution in [0.2, 0.25) is 0 Å². The zero-order valence-corrected chi connectivity index (χ0v) is 10.7. The molecule has 0 amide bonds. The van der Waals surface area contributed by atoms with Crippen LogP contribution in [0.1, 0.15) is 18.1 Å². The molecule has 3 nitrogen and oxygen atoms in total. The third-order valence-corrected chi connectivity index (χ3v) is 3.52. The van der Waals surface area contributed by atoms with Crippen molar-refractivity contribution in [3.63, 3.8) is 0 Å². The van der Waals surface area contributed by atoms with Gasteiger partial charge in [0.15, 0.2) is 0 Å². The first-order chi connectivity index (χ1) is 9.19. The molecule has 3 aromatic rings. The summed E-state index contributed by atoms with van der Waals surface area (Å²) >= 11 is 0. The molecule has 0 radical (unpaired) electrons. The lowest BCUT2D eigenvalue weighted by Gasteiger charge is -2.01. The van der Waals surface area contributed by atoms with Crippen molar-refractivity contribution >= 4 is 27.8 Å². The van der Waals surface area contributed by atoms with E-state index in [4.69, 9.17) is 5.11 Å². The molecule has 3 heteroatoms. The minimum atomic E-state index is -0.798. The van der Waals surface area contributed by atoms with Crippen LogP contribution >= 0.6 is 0 Å². The van der Waals surface area contributed by atoms with E-state index in [0.29, 0.717) is 0 Å². The van der Waals surface area contributed by atoms with E-state index in [0.717, 1.165) is 33.8 Å². The molecule has 0 aliphatic heterocycles. The van der Waals surface area contributed by atoms with Crippen molar-refractivity contribution in [1.82, 2.24) is 4.98 Å². The number of hydrogen-bond donors (Lipinski definition) is 2. The normalized spacial score (nSPS) is 11.2. The number of carboxylic acid groups (broad SMARTS) is 1. The summed E-state index contributed by atoms with van der Waals surface area (Å²) in [7, 11) is 0. The molecule has 0 aliphatic rings. The molecule has 0 unspecified atom stereocenters. The van der Waals surface area contributed by atoms with Gasteiger partial charge in [-0.3, -0.25) is 4.79 Å². The van der Waals surface area contributed by atoms with Gasteiger partial charge < -0.3 is 10.1 Å². The fraction of sp³-hybridized carbons (Fsp3) is 0.188. The van der Waals surface area contributed by atoms with Crippen molar-refractivity contribution in [2.45, 2.75) is 19.8 Å². The van der Waals surface area contributed by atoms with E-state index in [9.17, 15) is 4.79 Å². The maximum atomic E-state index is 11.0. The molecular weight excluding hydrogens is 238 g/mol. The number of H-pyrrole nitrogens is 1. The fourth-order valence-corrected chi connectivity index (χ4v) is 2.60. The minimum Gasteiger partial charge on any atom is -0.481 e. The fourth-order valence-electron chi connectivity index (χ4n) is 2.60. The van der Waals surface area contributed by atoms with Gasteiger partial charge >= 0.3 is 5.97 Å². The summed E-state index contributed by atoms with van der Waals surface area (Å²) in [4.78, 5) is 14.3. The highest BCUT2D eigenvalue weighted by molar-refractivity contribution is 6.09. The molecule has 2 N–H and O–H groups in total. The Kier molecular flexibility index (Phi) is 2.75. The largest absolute Gasteiger partial charge is 0.481 e. The van der Waals surface area contributed by atoms with E-state index in [1.807, 2.05) is 18.2 Å². The number of aromatic amines is 1. The van der Waals surface area contributed by atoms with Gasteiger partial charge in [-0.05, 0) is 35.7 Å². The van der Waals surface area contributed by atoms with Crippen LogP contribution in [0.3, 0.4) is 0 Å². The summed E-state index contributed by atoms with van der Waals surface area (Å²) in [6.07, 6.45) is 1.03. The molecule has 0 aliphatic carbocycles. The van der Waals surface area contributed by atoms with Gasteiger partial charge in [0, 0.05) is 21.8 Å². The van der Waals surface area contributed by atoms with Crippen molar-refractivity contribution < 1.29 is 9.90 Å². The smallest absolute Gasteiger partial charge is 0.307 e. The Balaban J connectivity index is 2.35. The molecule has 0 saturated carbocycles. The van der Waals surface area contributed by atoms with E-state index >= 15 is 0 Å². The van der Waals surface area contributed by atoms with E-state index in [1.54, 1.807) is 0 Å². The molecule has 0 atom stereocenters. The molecule has 1 aromatic heterocycles. The number of carboxylic acids is 1. The number of benzene rings is 2. The number of nitrogens with one attached hydrogen (secondary N) is 1. The topological polar surface area (TPSA) is 53.1 Å². The lowest BCUT2D eigenvalue weighted by Crippen LogP contribution is -2.00. The molecule has 0 bridgehead atoms. The van der Waals surface area contributed by atoms with Crippen molar-refractivity contribution in [2.24, 2.45) is 0 Å². The van der Waals surface area contributed by atoms with Gasteiger partial charge in [-0.25, -0.2) is 0 Å². The summed E-state index contributed by atoms with van der Waals surface area (Å²) in [6, 6.07) is 12.1. The number of aromatic nitrogens is 1. The van der Waals surface area contributed by atoms with E-state index < -0.39 is 5.97 Å². The highest BCUT2D eigenvalue weighted by Crippen LogP contribution is 2.29. The lowest BCUT2D eigenvalue weighted by atomic mass is 10.0. The minimum absolute atomic E-state index is 0.0562. The van der Waals surface area contributed by atoms with Crippen LogP contribution in [-0.2, 0) is 17.6 Å². The molecule has 19 heavy (non-hydrogen) atoms. The Morgan fingerprint density at radius 1 is 1.21 bits per heavy atom. The zero-order valence-electron chi connectivity index (χ0n) is 10.7. The zero-order chi connectivity index (χ0) is 13.4. The molecule has 2 aromatic carbocycles. The average molecular weight is 253 g/mol. The van der Waals surface area contributed by atoms with Crippen molar-refractivity contribution in [3.05, 3.63) is 47.5 Å². The molecule has 96 valence electrons. The molecule has 3 rings (SSSR count). The quantitative estimate of drug-likeness (QED) is 0.750. The van der Waals surface area contributed by atoms with Gasteiger partial charge in [0.25, 0.3) is 0 Å². The third kappa shape index (κ3) is 1.97. The number of carbonyl (C=O) groups is 1. The predicted octanol–water partition coefficient (Wildman–Crippen LogP) is 3.51. The van der Waals surface area contributed by atoms with Gasteiger partial charge in [-0.1, -0.05) is 25.1 Å². The predicted molar refractivity (Wildman–Crippen MR) is 76.5 cm³/mol. The second-order valence-corrected chi connectivity index (χ2v) is 4.77. The van der Waals surface area contributed by atoms with Gasteiger partial charge in [0.05, 0.1) is 6.42 Å². The second-order valence-electron chi connectivity index (χ2n) is 4.77. The maximum Gasteiger partial charge on any atom is 0.307 e. The number of fused-ring (bicyclic) bond motifs is 3. The van der Waals surface area contributed by atoms with E-state index in [2.05, 4.69) is 30.1 Å². The van der Waals surface area contributed by atoms with Gasteiger partial charge in [0.2, 0.25) is 0 Å². The SMILES string of the molecule is CCc1ccc2[nH]c3cccc(CC(=O)O)c3c2c1. The summed E-state index contributed by atoms with van der Waals surface area (Å²) in [5, 5.41) is 11.2. The molecule has 0 saturated heterocycles. The molecular formula is C16H15NO2. The lowest BCUT2D eigenvalue weighted by molar-refractivity contribution is -0.136. The molecule has 0 spiro atoms. The number of aryl methyl sites for hydroxylation is 1. The number of aliphatic carboxylic acids is 1. The highest BCUT2D eigenvalue weighted by Gasteiger charge is 2.11. The Bertz CT molecular complexity index is 771. The summed E-state index contributed by atoms with van der Waals surface area (Å²) in [5.74, 6) is -0.798. The summed E-state index contributed by atoms with van der Waals surface area (Å²) in [6.45, 7) is 2.12. The number of hydrogen-bond acceptors (Lipinski definition) is 1. The third-order valence-electron chi connectivity index (χ3n) is 3.52. The summed E-state index contributed by atoms with van der Waals surface area (Å²) in [5.41, 5.74) is 4.19. The first-order valence-electron chi connectivity index (χ1n) is 6.43. The van der Waals surface area contributed by atoms with Crippen LogP contribution in [0.25, 0.3) is 21.8 Å². The van der Waals surface area contributed by atoms with Crippen LogP contribution in [-0.4, -0.2) is 16.1 Å². The Morgan fingerprint density at radius 2 is 2.05 bits per heavy atom. The Morgan fingerprint density at radius 3 is 2.79 bits per heavy atom. The van der Waals surface area contributed by atoms with Crippen LogP contribution in [0, 0.1) is 0 Å². The van der Waals surface area contributed by atoms with Crippen molar-refractivity contribution in [3.8, 4) is 0 Å². The van der Waals surface area contributed by atoms with Crippen LogP contribution < -0.4 is 0 Å². The Hall–Kier alpha value is -2.29. The standard InChI is InChI=1S/C16H15NO2/c1-2-10-6-7-13-12(8-10)16-11(9-15(18)19)4-3-5-14(16)17-13/h3-8,17H,2,9H2,1H3,(H,18,19). The van der Waals surface area contributed by atoms with Gasteiger partial charge in [-0.15, -0.1) is 0 Å². The second kappa shape index (κ2) is 4.43. The van der Waals surface area contributed by atoms with E-state index in [1.165, 1.54) is 5.56 Å².